The minimum absolute atomic E-state index is 0.0234. The molecule has 3 aromatic heterocycles. The van der Waals surface area contributed by atoms with E-state index in [9.17, 15) is 19.5 Å². The van der Waals surface area contributed by atoms with Crippen LogP contribution in [0.15, 0.2) is 54.8 Å². The minimum Gasteiger partial charge on any atom is -0.502 e. The molecule has 2 aliphatic heterocycles. The molecule has 5 rings (SSSR count). The number of furan rings is 1. The second-order valence-corrected chi connectivity index (χ2v) is 9.35. The molecule has 1 saturated heterocycles. The van der Waals surface area contributed by atoms with Gasteiger partial charge < -0.3 is 24.2 Å². The van der Waals surface area contributed by atoms with Gasteiger partial charge in [0.1, 0.15) is 17.3 Å². The number of piperidine rings is 1. The Bertz CT molecular complexity index is 1350. The first-order valence-electron chi connectivity index (χ1n) is 11.4. The predicted molar refractivity (Wildman–Crippen MR) is 123 cm³/mol. The number of nitrogens with zero attached hydrogens (tertiary/aromatic N) is 2. The highest BCUT2D eigenvalue weighted by molar-refractivity contribution is 5.75. The highest BCUT2D eigenvalue weighted by atomic mass is 16.4. The van der Waals surface area contributed by atoms with Crippen LogP contribution in [0.3, 0.4) is 0 Å². The average molecular weight is 466 g/mol. The maximum atomic E-state index is 12.6. The molecule has 0 saturated carbocycles. The van der Waals surface area contributed by atoms with Crippen molar-refractivity contribution in [3.8, 4) is 5.75 Å². The van der Waals surface area contributed by atoms with E-state index in [2.05, 4.69) is 4.90 Å². The number of fused-ring (bicyclic) bond motifs is 4. The Balaban J connectivity index is 1.44. The van der Waals surface area contributed by atoms with Gasteiger partial charge in [-0.25, -0.2) is 0 Å². The van der Waals surface area contributed by atoms with Crippen molar-refractivity contribution in [2.45, 2.75) is 44.7 Å². The lowest BCUT2D eigenvalue weighted by Crippen LogP contribution is -2.46. The number of hydrogen-bond acceptors (Lipinski definition) is 7. The molecule has 0 aromatic carbocycles. The third-order valence-electron chi connectivity index (χ3n) is 6.76. The van der Waals surface area contributed by atoms with Crippen LogP contribution in [0.25, 0.3) is 0 Å². The highest BCUT2D eigenvalue weighted by Gasteiger charge is 2.35. The Hall–Kier alpha value is -3.59. The summed E-state index contributed by atoms with van der Waals surface area (Å²) in [6, 6.07) is 10.1. The van der Waals surface area contributed by atoms with Gasteiger partial charge in [-0.1, -0.05) is 6.07 Å². The summed E-state index contributed by atoms with van der Waals surface area (Å²) in [6.45, 7) is 4.29. The third-order valence-corrected chi connectivity index (χ3v) is 6.76. The number of carbonyl (C=O) groups excluding carboxylic acids is 1. The molecule has 3 N–H and O–H groups in total. The van der Waals surface area contributed by atoms with Gasteiger partial charge >= 0.3 is 0 Å². The molecule has 2 bridgehead atoms. The molecule has 34 heavy (non-hydrogen) atoms. The van der Waals surface area contributed by atoms with Gasteiger partial charge in [0.2, 0.25) is 17.1 Å². The summed E-state index contributed by atoms with van der Waals surface area (Å²) in [7, 11) is 0. The van der Waals surface area contributed by atoms with Crippen LogP contribution in [0.5, 0.6) is 5.75 Å². The lowest BCUT2D eigenvalue weighted by molar-refractivity contribution is -0.118. The zero-order valence-corrected chi connectivity index (χ0v) is 18.9. The second-order valence-electron chi connectivity index (χ2n) is 9.35. The van der Waals surface area contributed by atoms with Gasteiger partial charge in [0, 0.05) is 49.8 Å². The summed E-state index contributed by atoms with van der Waals surface area (Å²) < 4.78 is 13.5. The zero-order chi connectivity index (χ0) is 24.0. The van der Waals surface area contributed by atoms with Crippen LogP contribution >= 0.6 is 0 Å². The van der Waals surface area contributed by atoms with Crippen molar-refractivity contribution in [3.05, 3.63) is 85.7 Å². The summed E-state index contributed by atoms with van der Waals surface area (Å²) in [6.07, 6.45) is 0.843. The molecule has 3 aromatic rings. The number of likely N-dealkylation sites (tertiary alicyclic amines) is 1. The Kier molecular flexibility index (Phi) is 5.65. The van der Waals surface area contributed by atoms with Crippen molar-refractivity contribution in [1.29, 1.82) is 0 Å². The van der Waals surface area contributed by atoms with Crippen LogP contribution in [0.4, 0.5) is 0 Å². The van der Waals surface area contributed by atoms with Gasteiger partial charge in [0.05, 0.1) is 12.5 Å². The fourth-order valence-electron chi connectivity index (χ4n) is 5.38. The highest BCUT2D eigenvalue weighted by Crippen LogP contribution is 2.37. The minimum atomic E-state index is -0.807. The number of amides is 1. The van der Waals surface area contributed by atoms with E-state index in [1.165, 1.54) is 6.07 Å². The quantitative estimate of drug-likeness (QED) is 0.569. The van der Waals surface area contributed by atoms with Crippen molar-refractivity contribution < 1.29 is 18.7 Å². The van der Waals surface area contributed by atoms with Crippen LogP contribution < -0.4 is 16.7 Å². The number of pyridine rings is 1. The average Bonchev–Trinajstić information content (AvgIpc) is 3.21. The predicted octanol–water partition coefficient (Wildman–Crippen LogP) is 2.04. The van der Waals surface area contributed by atoms with Crippen molar-refractivity contribution in [2.75, 3.05) is 13.1 Å². The van der Waals surface area contributed by atoms with Crippen molar-refractivity contribution >= 4 is 5.91 Å². The van der Waals surface area contributed by atoms with Crippen LogP contribution in [0.1, 0.15) is 53.4 Å². The Labute approximate surface area is 195 Å². The Morgan fingerprint density at radius 2 is 2.00 bits per heavy atom. The number of aryl methyl sites for hydroxylation is 1. The van der Waals surface area contributed by atoms with E-state index in [-0.39, 0.29) is 23.7 Å². The lowest BCUT2D eigenvalue weighted by atomic mass is 9.83. The Morgan fingerprint density at radius 3 is 2.74 bits per heavy atom. The van der Waals surface area contributed by atoms with Gasteiger partial charge in [-0.3, -0.25) is 19.3 Å². The third kappa shape index (κ3) is 4.19. The Morgan fingerprint density at radius 1 is 1.18 bits per heavy atom. The summed E-state index contributed by atoms with van der Waals surface area (Å²) in [5.74, 6) is -0.0360. The number of nitrogens with two attached hydrogens (primary N) is 1. The van der Waals surface area contributed by atoms with E-state index in [1.807, 2.05) is 10.6 Å². The van der Waals surface area contributed by atoms with Gasteiger partial charge in [-0.05, 0) is 37.5 Å². The van der Waals surface area contributed by atoms with Crippen molar-refractivity contribution in [3.63, 3.8) is 0 Å². The summed E-state index contributed by atoms with van der Waals surface area (Å²) in [4.78, 5) is 38.8. The number of rotatable bonds is 6. The van der Waals surface area contributed by atoms with Crippen LogP contribution in [-0.2, 0) is 17.9 Å². The van der Waals surface area contributed by atoms with Crippen LogP contribution in [0.2, 0.25) is 0 Å². The van der Waals surface area contributed by atoms with Crippen molar-refractivity contribution in [2.24, 2.45) is 11.7 Å². The number of carbonyl (C=O) groups is 1. The number of hydrogen-bond donors (Lipinski definition) is 2. The van der Waals surface area contributed by atoms with E-state index in [1.54, 1.807) is 31.2 Å². The lowest BCUT2D eigenvalue weighted by Gasteiger charge is -2.42. The normalized spacial score (nSPS) is 20.6. The smallest absolute Gasteiger partial charge is 0.250 e. The summed E-state index contributed by atoms with van der Waals surface area (Å²) in [5, 5.41) is 10.5. The molecule has 1 amide bonds. The molecule has 9 heteroatoms. The second kappa shape index (κ2) is 8.64. The molecule has 0 aliphatic carbocycles. The molecule has 0 radical (unpaired) electrons. The van der Waals surface area contributed by atoms with Crippen LogP contribution in [0, 0.1) is 12.8 Å². The van der Waals surface area contributed by atoms with E-state index in [0.717, 1.165) is 25.2 Å². The van der Waals surface area contributed by atoms with E-state index >= 15 is 0 Å². The molecule has 3 unspecified atom stereocenters. The van der Waals surface area contributed by atoms with Gasteiger partial charge in [0.15, 0.2) is 5.76 Å². The molecule has 0 spiro atoms. The van der Waals surface area contributed by atoms with Crippen LogP contribution in [-0.4, -0.2) is 33.6 Å². The first kappa shape index (κ1) is 22.2. The first-order valence-corrected chi connectivity index (χ1v) is 11.4. The standard InChI is InChI=1S/C25H27N3O6/c1-14-5-6-21(33-14)18(9-22(26)30)25-24(32)20(29)8-17(34-25)13-27-10-15-7-16(12-27)19-3-2-4-23(31)28(19)11-15/h2-6,8,15-16,18,32H,7,9-13H2,1H3,(H2,26,30). The maximum absolute atomic E-state index is 12.6. The van der Waals surface area contributed by atoms with Gasteiger partial charge in [-0.2, -0.15) is 0 Å². The molecule has 9 nitrogen and oxygen atoms in total. The molecule has 5 heterocycles. The van der Waals surface area contributed by atoms with E-state index in [0.29, 0.717) is 36.3 Å². The van der Waals surface area contributed by atoms with Gasteiger partial charge in [-0.15, -0.1) is 0 Å². The topological polar surface area (TPSA) is 132 Å². The zero-order valence-electron chi connectivity index (χ0n) is 18.9. The molecule has 1 fully saturated rings. The molecule has 178 valence electrons. The molecule has 2 aliphatic rings. The SMILES string of the molecule is Cc1ccc(C(CC(N)=O)c2oc(CN3CC4CC(C3)c3cccc(=O)n3C4)cc(=O)c2O)o1. The summed E-state index contributed by atoms with van der Waals surface area (Å²) >= 11 is 0. The van der Waals surface area contributed by atoms with Crippen molar-refractivity contribution in [1.82, 2.24) is 9.47 Å². The number of aromatic hydroxyl groups is 1. The number of aromatic nitrogens is 1. The molecular weight excluding hydrogens is 438 g/mol. The fraction of sp³-hybridized carbons (Fsp3) is 0.400. The van der Waals surface area contributed by atoms with E-state index in [4.69, 9.17) is 14.6 Å². The maximum Gasteiger partial charge on any atom is 0.250 e. The fourth-order valence-corrected chi connectivity index (χ4v) is 5.38. The molecular formula is C25H27N3O6. The van der Waals surface area contributed by atoms with E-state index < -0.39 is 23.0 Å². The summed E-state index contributed by atoms with van der Waals surface area (Å²) in [5.41, 5.74) is 5.93. The molecule has 3 atom stereocenters. The monoisotopic (exact) mass is 465 g/mol. The number of primary amides is 1. The van der Waals surface area contributed by atoms with Gasteiger partial charge in [0.25, 0.3) is 5.56 Å². The first-order chi connectivity index (χ1) is 16.3. The largest absolute Gasteiger partial charge is 0.502 e.